The van der Waals surface area contributed by atoms with E-state index in [9.17, 15) is 0 Å². The van der Waals surface area contributed by atoms with Crippen molar-refractivity contribution in [2.45, 2.75) is 38.3 Å². The average Bonchev–Trinajstić information content (AvgIpc) is 2.62. The zero-order chi connectivity index (χ0) is 17.9. The van der Waals surface area contributed by atoms with Gasteiger partial charge >= 0.3 is 0 Å². The van der Waals surface area contributed by atoms with Gasteiger partial charge in [0.2, 0.25) is 0 Å². The number of hydrogen-bond acceptors (Lipinski definition) is 3. The van der Waals surface area contributed by atoms with Gasteiger partial charge in [0, 0.05) is 38.1 Å². The molecule has 138 valence electrons. The molecule has 0 saturated carbocycles. The molecule has 3 heteroatoms. The normalized spacial score (nSPS) is 21.7. The van der Waals surface area contributed by atoms with Crippen molar-refractivity contribution in [1.82, 2.24) is 10.2 Å². The van der Waals surface area contributed by atoms with Crippen LogP contribution in [0, 0.1) is 0 Å². The smallest absolute Gasteiger partial charge is 0.0557 e. The lowest BCUT2D eigenvalue weighted by Crippen LogP contribution is -2.45. The molecule has 2 aliphatic heterocycles. The van der Waals surface area contributed by atoms with Gasteiger partial charge in [-0.2, -0.15) is 0 Å². The summed E-state index contributed by atoms with van der Waals surface area (Å²) in [5.41, 5.74) is 5.77. The van der Waals surface area contributed by atoms with Gasteiger partial charge in [-0.3, -0.25) is 4.90 Å². The summed E-state index contributed by atoms with van der Waals surface area (Å²) in [5.74, 6) is 1.17. The van der Waals surface area contributed by atoms with Crippen LogP contribution < -0.4 is 5.32 Å². The second-order valence-electron chi connectivity index (χ2n) is 8.00. The van der Waals surface area contributed by atoms with Crippen LogP contribution in [-0.4, -0.2) is 37.7 Å². The van der Waals surface area contributed by atoms with E-state index in [1.807, 2.05) is 0 Å². The van der Waals surface area contributed by atoms with Crippen molar-refractivity contribution in [1.29, 1.82) is 0 Å². The largest absolute Gasteiger partial charge is 0.380 e. The molecule has 1 N–H and O–H groups in total. The van der Waals surface area contributed by atoms with Crippen LogP contribution >= 0.6 is 0 Å². The first kappa shape index (κ1) is 17.7. The summed E-state index contributed by atoms with van der Waals surface area (Å²) in [7, 11) is 0. The van der Waals surface area contributed by atoms with Crippen molar-refractivity contribution in [3.05, 3.63) is 70.8 Å². The molecule has 2 aromatic rings. The second kappa shape index (κ2) is 7.91. The van der Waals surface area contributed by atoms with Gasteiger partial charge in [0.1, 0.15) is 0 Å². The van der Waals surface area contributed by atoms with Crippen molar-refractivity contribution in [3.8, 4) is 0 Å². The SMILES string of the molecule is CC(C)c1ccccc1C1CN(Cc2ccc(C3COC3)cc2)CCN1. The summed E-state index contributed by atoms with van der Waals surface area (Å²) in [4.78, 5) is 2.58. The number of piperazine rings is 1. The van der Waals surface area contributed by atoms with Crippen LogP contribution in [0.2, 0.25) is 0 Å². The van der Waals surface area contributed by atoms with Gasteiger partial charge in [-0.25, -0.2) is 0 Å². The van der Waals surface area contributed by atoms with Crippen LogP contribution in [0.5, 0.6) is 0 Å². The van der Waals surface area contributed by atoms with E-state index in [0.717, 1.165) is 39.4 Å². The van der Waals surface area contributed by atoms with Crippen molar-refractivity contribution < 1.29 is 4.74 Å². The molecule has 1 atom stereocenters. The molecule has 0 bridgehead atoms. The third-order valence-corrected chi connectivity index (χ3v) is 5.75. The van der Waals surface area contributed by atoms with Crippen LogP contribution in [0.3, 0.4) is 0 Å². The van der Waals surface area contributed by atoms with Gasteiger partial charge in [0.15, 0.2) is 0 Å². The quantitative estimate of drug-likeness (QED) is 0.880. The van der Waals surface area contributed by atoms with Gasteiger partial charge in [-0.1, -0.05) is 62.4 Å². The molecule has 2 aromatic carbocycles. The Kier molecular flexibility index (Phi) is 5.39. The lowest BCUT2D eigenvalue weighted by Gasteiger charge is -2.35. The highest BCUT2D eigenvalue weighted by atomic mass is 16.5. The van der Waals surface area contributed by atoms with E-state index >= 15 is 0 Å². The van der Waals surface area contributed by atoms with E-state index in [-0.39, 0.29) is 0 Å². The summed E-state index contributed by atoms with van der Waals surface area (Å²) in [5, 5.41) is 3.73. The van der Waals surface area contributed by atoms with E-state index in [1.54, 1.807) is 0 Å². The summed E-state index contributed by atoms with van der Waals surface area (Å²) in [6.45, 7) is 10.6. The lowest BCUT2D eigenvalue weighted by atomic mass is 9.91. The monoisotopic (exact) mass is 350 g/mol. The molecule has 2 aliphatic rings. The van der Waals surface area contributed by atoms with Crippen LogP contribution in [0.4, 0.5) is 0 Å². The molecule has 1 unspecified atom stereocenters. The molecule has 2 saturated heterocycles. The van der Waals surface area contributed by atoms with Gasteiger partial charge in [-0.05, 0) is 28.2 Å². The molecular weight excluding hydrogens is 320 g/mol. The Morgan fingerprint density at radius 3 is 2.54 bits per heavy atom. The minimum Gasteiger partial charge on any atom is -0.380 e. The van der Waals surface area contributed by atoms with Crippen molar-refractivity contribution in [2.24, 2.45) is 0 Å². The molecule has 0 radical (unpaired) electrons. The average molecular weight is 351 g/mol. The maximum absolute atomic E-state index is 5.31. The van der Waals surface area contributed by atoms with Crippen molar-refractivity contribution >= 4 is 0 Å². The summed E-state index contributed by atoms with van der Waals surface area (Å²) in [6, 6.07) is 18.5. The Morgan fingerprint density at radius 2 is 1.85 bits per heavy atom. The standard InChI is InChI=1S/C23H30N2O/c1-17(2)21-5-3-4-6-22(21)23-14-25(12-11-24-23)13-18-7-9-19(10-8-18)20-15-26-16-20/h3-10,17,20,23-24H,11-16H2,1-2H3. The van der Waals surface area contributed by atoms with Gasteiger partial charge in [0.25, 0.3) is 0 Å². The fourth-order valence-corrected chi connectivity index (χ4v) is 4.10. The molecule has 2 heterocycles. The first-order valence-corrected chi connectivity index (χ1v) is 9.92. The fourth-order valence-electron chi connectivity index (χ4n) is 4.10. The van der Waals surface area contributed by atoms with E-state index in [1.165, 1.54) is 22.3 Å². The molecule has 26 heavy (non-hydrogen) atoms. The zero-order valence-electron chi connectivity index (χ0n) is 15.9. The van der Waals surface area contributed by atoms with Crippen molar-refractivity contribution in [2.75, 3.05) is 32.8 Å². The Bertz CT molecular complexity index is 721. The van der Waals surface area contributed by atoms with E-state index < -0.39 is 0 Å². The number of benzene rings is 2. The minimum absolute atomic E-state index is 0.425. The van der Waals surface area contributed by atoms with Crippen LogP contribution in [0.25, 0.3) is 0 Å². The number of nitrogens with zero attached hydrogens (tertiary/aromatic N) is 1. The molecule has 0 aromatic heterocycles. The highest BCUT2D eigenvalue weighted by molar-refractivity contribution is 5.33. The van der Waals surface area contributed by atoms with Crippen molar-refractivity contribution in [3.63, 3.8) is 0 Å². The number of nitrogens with one attached hydrogen (secondary N) is 1. The van der Waals surface area contributed by atoms with E-state index in [4.69, 9.17) is 4.74 Å². The third-order valence-electron chi connectivity index (χ3n) is 5.75. The second-order valence-corrected chi connectivity index (χ2v) is 8.00. The molecule has 2 fully saturated rings. The van der Waals surface area contributed by atoms with Crippen LogP contribution in [0.1, 0.15) is 54.0 Å². The number of ether oxygens (including phenoxy) is 1. The van der Waals surface area contributed by atoms with Gasteiger partial charge in [-0.15, -0.1) is 0 Å². The summed E-state index contributed by atoms with van der Waals surface area (Å²) in [6.07, 6.45) is 0. The third kappa shape index (κ3) is 3.85. The minimum atomic E-state index is 0.425. The highest BCUT2D eigenvalue weighted by Crippen LogP contribution is 2.28. The van der Waals surface area contributed by atoms with Gasteiger partial charge in [0.05, 0.1) is 13.2 Å². The Morgan fingerprint density at radius 1 is 1.08 bits per heavy atom. The molecular formula is C23H30N2O. The zero-order valence-corrected chi connectivity index (χ0v) is 15.9. The van der Waals surface area contributed by atoms with Gasteiger partial charge < -0.3 is 10.1 Å². The predicted octanol–water partition coefficient (Wildman–Crippen LogP) is 4.07. The Labute approximate surface area is 157 Å². The first-order valence-electron chi connectivity index (χ1n) is 9.92. The molecule has 3 nitrogen and oxygen atoms in total. The molecule has 0 aliphatic carbocycles. The maximum Gasteiger partial charge on any atom is 0.0557 e. The highest BCUT2D eigenvalue weighted by Gasteiger charge is 2.24. The Balaban J connectivity index is 1.42. The lowest BCUT2D eigenvalue weighted by molar-refractivity contribution is 0.00841. The predicted molar refractivity (Wildman–Crippen MR) is 107 cm³/mol. The van der Waals surface area contributed by atoms with E-state index in [2.05, 4.69) is 72.6 Å². The Hall–Kier alpha value is -1.68. The topological polar surface area (TPSA) is 24.5 Å². The summed E-state index contributed by atoms with van der Waals surface area (Å²) < 4.78 is 5.31. The van der Waals surface area contributed by atoms with Crippen LogP contribution in [-0.2, 0) is 11.3 Å². The molecule has 4 rings (SSSR count). The summed E-state index contributed by atoms with van der Waals surface area (Å²) >= 11 is 0. The van der Waals surface area contributed by atoms with Crippen LogP contribution in [0.15, 0.2) is 48.5 Å². The molecule has 0 spiro atoms. The molecule has 0 amide bonds. The van der Waals surface area contributed by atoms with E-state index in [0.29, 0.717) is 17.9 Å². The number of rotatable bonds is 5. The first-order chi connectivity index (χ1) is 12.7. The fraction of sp³-hybridized carbons (Fsp3) is 0.478. The number of hydrogen-bond donors (Lipinski definition) is 1. The maximum atomic E-state index is 5.31.